The van der Waals surface area contributed by atoms with Gasteiger partial charge in [-0.05, 0) is 37.6 Å². The number of methoxy groups -OCH3 is 2. The van der Waals surface area contributed by atoms with Gasteiger partial charge in [0, 0.05) is 24.0 Å². The van der Waals surface area contributed by atoms with E-state index in [9.17, 15) is 5.11 Å². The lowest BCUT2D eigenvalue weighted by atomic mass is 10.1. The van der Waals surface area contributed by atoms with Crippen LogP contribution in [-0.4, -0.2) is 48.4 Å². The highest BCUT2D eigenvalue weighted by Crippen LogP contribution is 2.33. The Labute approximate surface area is 140 Å². The van der Waals surface area contributed by atoms with Crippen LogP contribution >= 0.6 is 11.3 Å². The van der Waals surface area contributed by atoms with E-state index in [4.69, 9.17) is 14.5 Å². The maximum absolute atomic E-state index is 9.76. The first-order valence-corrected chi connectivity index (χ1v) is 8.65. The van der Waals surface area contributed by atoms with Crippen LogP contribution in [0.1, 0.15) is 18.5 Å². The molecular weight excluding hydrogens is 312 g/mol. The second kappa shape index (κ2) is 7.29. The van der Waals surface area contributed by atoms with Crippen molar-refractivity contribution in [1.82, 2.24) is 9.88 Å². The molecule has 0 aliphatic carbocycles. The molecule has 3 rings (SSSR count). The minimum Gasteiger partial charge on any atom is -0.493 e. The molecule has 0 bridgehead atoms. The average molecular weight is 334 g/mol. The summed E-state index contributed by atoms with van der Waals surface area (Å²) in [7, 11) is 3.27. The molecule has 2 aromatic rings. The molecule has 1 unspecified atom stereocenters. The molecular formula is C17H22N2O3S. The molecule has 0 amide bonds. The Morgan fingerprint density at radius 3 is 2.87 bits per heavy atom. The third-order valence-corrected chi connectivity index (χ3v) is 4.99. The second-order valence-corrected chi connectivity index (χ2v) is 6.60. The monoisotopic (exact) mass is 334 g/mol. The van der Waals surface area contributed by atoms with Gasteiger partial charge in [0.2, 0.25) is 0 Å². The summed E-state index contributed by atoms with van der Waals surface area (Å²) in [6.45, 7) is 2.56. The number of aromatic nitrogens is 1. The number of thiazole rings is 1. The van der Waals surface area contributed by atoms with Crippen molar-refractivity contribution in [1.29, 1.82) is 0 Å². The van der Waals surface area contributed by atoms with Crippen molar-refractivity contribution in [2.45, 2.75) is 25.5 Å². The Hall–Kier alpha value is -1.63. The largest absolute Gasteiger partial charge is 0.493 e. The predicted molar refractivity (Wildman–Crippen MR) is 91.2 cm³/mol. The molecule has 1 aliphatic rings. The van der Waals surface area contributed by atoms with Crippen molar-refractivity contribution in [2.24, 2.45) is 0 Å². The molecule has 0 saturated carbocycles. The van der Waals surface area contributed by atoms with E-state index in [1.807, 2.05) is 18.2 Å². The summed E-state index contributed by atoms with van der Waals surface area (Å²) < 4.78 is 10.6. The molecule has 0 radical (unpaired) electrons. The molecule has 2 heterocycles. The predicted octanol–water partition coefficient (Wildman–Crippen LogP) is 2.78. The number of piperidine rings is 1. The van der Waals surface area contributed by atoms with Crippen LogP contribution in [0.4, 0.5) is 0 Å². The highest BCUT2D eigenvalue weighted by atomic mass is 32.1. The minimum absolute atomic E-state index is 0.201. The van der Waals surface area contributed by atoms with Gasteiger partial charge in [0.15, 0.2) is 11.5 Å². The number of nitrogens with zero attached hydrogens (tertiary/aromatic N) is 2. The van der Waals surface area contributed by atoms with E-state index in [2.05, 4.69) is 10.3 Å². The van der Waals surface area contributed by atoms with Crippen molar-refractivity contribution in [3.63, 3.8) is 0 Å². The van der Waals surface area contributed by atoms with Crippen LogP contribution in [0.5, 0.6) is 11.5 Å². The van der Waals surface area contributed by atoms with Gasteiger partial charge in [0.05, 0.1) is 26.0 Å². The van der Waals surface area contributed by atoms with Gasteiger partial charge in [-0.2, -0.15) is 0 Å². The molecule has 1 aliphatic heterocycles. The number of β-amino-alcohol motifs (C(OH)–C–C–N with tert-alkyl or cyclic N) is 1. The molecule has 1 N–H and O–H groups in total. The summed E-state index contributed by atoms with van der Waals surface area (Å²) in [5.74, 6) is 1.43. The summed E-state index contributed by atoms with van der Waals surface area (Å²) in [6.07, 6.45) is 1.76. The number of ether oxygens (including phenoxy) is 2. The van der Waals surface area contributed by atoms with E-state index in [1.54, 1.807) is 25.6 Å². The van der Waals surface area contributed by atoms with Gasteiger partial charge in [-0.15, -0.1) is 11.3 Å². The van der Waals surface area contributed by atoms with Crippen molar-refractivity contribution in [3.05, 3.63) is 29.3 Å². The highest BCUT2D eigenvalue weighted by molar-refractivity contribution is 7.13. The molecule has 1 fully saturated rings. The number of benzene rings is 1. The fraction of sp³-hybridized carbons (Fsp3) is 0.471. The first-order valence-electron chi connectivity index (χ1n) is 7.77. The second-order valence-electron chi connectivity index (χ2n) is 5.74. The number of aliphatic hydroxyl groups is 1. The van der Waals surface area contributed by atoms with E-state index in [0.29, 0.717) is 5.75 Å². The number of hydrogen-bond acceptors (Lipinski definition) is 6. The zero-order chi connectivity index (χ0) is 16.2. The Balaban J connectivity index is 1.74. The van der Waals surface area contributed by atoms with Crippen LogP contribution < -0.4 is 9.47 Å². The summed E-state index contributed by atoms with van der Waals surface area (Å²) in [5.41, 5.74) is 2.08. The number of aliphatic hydroxyl groups excluding tert-OH is 1. The lowest BCUT2D eigenvalue weighted by molar-refractivity contribution is 0.0663. The molecule has 1 atom stereocenters. The zero-order valence-electron chi connectivity index (χ0n) is 13.5. The molecule has 23 heavy (non-hydrogen) atoms. The average Bonchev–Trinajstić information content (AvgIpc) is 3.02. The lowest BCUT2D eigenvalue weighted by Gasteiger charge is -2.29. The summed E-state index contributed by atoms with van der Waals surface area (Å²) >= 11 is 1.63. The third kappa shape index (κ3) is 3.83. The highest BCUT2D eigenvalue weighted by Gasteiger charge is 2.18. The quantitative estimate of drug-likeness (QED) is 0.911. The number of hydrogen-bond donors (Lipinski definition) is 1. The third-order valence-electron chi connectivity index (χ3n) is 4.05. The Bertz CT molecular complexity index is 659. The fourth-order valence-corrected chi connectivity index (χ4v) is 3.69. The van der Waals surface area contributed by atoms with Gasteiger partial charge >= 0.3 is 0 Å². The van der Waals surface area contributed by atoms with E-state index >= 15 is 0 Å². The van der Waals surface area contributed by atoms with Crippen molar-refractivity contribution in [2.75, 3.05) is 27.3 Å². The molecule has 1 aromatic carbocycles. The van der Waals surface area contributed by atoms with Gasteiger partial charge in [-0.25, -0.2) is 4.98 Å². The van der Waals surface area contributed by atoms with Crippen LogP contribution in [0.15, 0.2) is 23.6 Å². The maximum Gasteiger partial charge on any atom is 0.161 e. The molecule has 0 spiro atoms. The smallest absolute Gasteiger partial charge is 0.161 e. The van der Waals surface area contributed by atoms with E-state index in [0.717, 1.165) is 54.5 Å². The van der Waals surface area contributed by atoms with Crippen LogP contribution in [-0.2, 0) is 6.54 Å². The molecule has 5 nitrogen and oxygen atoms in total. The lowest BCUT2D eigenvalue weighted by Crippen LogP contribution is -2.37. The van der Waals surface area contributed by atoms with Crippen molar-refractivity contribution >= 4 is 11.3 Å². The Kier molecular flexibility index (Phi) is 5.15. The Morgan fingerprint density at radius 2 is 2.13 bits per heavy atom. The van der Waals surface area contributed by atoms with Crippen molar-refractivity contribution in [3.8, 4) is 22.1 Å². The van der Waals surface area contributed by atoms with Gasteiger partial charge in [-0.1, -0.05) is 0 Å². The first-order chi connectivity index (χ1) is 11.2. The zero-order valence-corrected chi connectivity index (χ0v) is 14.3. The van der Waals surface area contributed by atoms with E-state index in [1.165, 1.54) is 0 Å². The maximum atomic E-state index is 9.76. The Morgan fingerprint density at radius 1 is 1.30 bits per heavy atom. The van der Waals surface area contributed by atoms with Crippen LogP contribution in [0.25, 0.3) is 10.6 Å². The van der Waals surface area contributed by atoms with E-state index < -0.39 is 0 Å². The first kappa shape index (κ1) is 16.2. The standard InChI is InChI=1S/C17H22N2O3S/c1-21-15-6-5-12(8-16(15)22-2)17-18-13(11-23-17)9-19-7-3-4-14(20)10-19/h5-6,8,11,14,20H,3-4,7,9-10H2,1-2H3. The van der Waals surface area contributed by atoms with Gasteiger partial charge in [-0.3, -0.25) is 4.90 Å². The summed E-state index contributed by atoms with van der Waals surface area (Å²) in [5, 5.41) is 12.8. The number of rotatable bonds is 5. The van der Waals surface area contributed by atoms with Crippen LogP contribution in [0.3, 0.4) is 0 Å². The molecule has 6 heteroatoms. The SMILES string of the molecule is COc1ccc(-c2nc(CN3CCCC(O)C3)cs2)cc1OC. The molecule has 1 aromatic heterocycles. The van der Waals surface area contributed by atoms with Crippen LogP contribution in [0.2, 0.25) is 0 Å². The summed E-state index contributed by atoms with van der Waals surface area (Å²) in [4.78, 5) is 6.99. The minimum atomic E-state index is -0.201. The fourth-order valence-electron chi connectivity index (χ4n) is 2.89. The van der Waals surface area contributed by atoms with Gasteiger partial charge in [0.25, 0.3) is 0 Å². The molecule has 1 saturated heterocycles. The normalized spacial score (nSPS) is 18.8. The summed E-state index contributed by atoms with van der Waals surface area (Å²) in [6, 6.07) is 5.84. The molecule has 124 valence electrons. The van der Waals surface area contributed by atoms with Gasteiger partial charge in [0.1, 0.15) is 5.01 Å². The van der Waals surface area contributed by atoms with Gasteiger partial charge < -0.3 is 14.6 Å². The topological polar surface area (TPSA) is 54.8 Å². The number of likely N-dealkylation sites (tertiary alicyclic amines) is 1. The van der Waals surface area contributed by atoms with Crippen molar-refractivity contribution < 1.29 is 14.6 Å². The van der Waals surface area contributed by atoms with Crippen LogP contribution in [0, 0.1) is 0 Å². The van der Waals surface area contributed by atoms with E-state index in [-0.39, 0.29) is 6.10 Å².